The molecular formula is C20H12Na2O10S2. The molecule has 0 amide bonds. The largest absolute Gasteiger partial charge is 1.00 e. The van der Waals surface area contributed by atoms with Crippen LogP contribution >= 0.6 is 0 Å². The number of carbonyl (C=O) groups is 2. The van der Waals surface area contributed by atoms with E-state index in [0.29, 0.717) is 6.07 Å². The number of hydrogen-bond donors (Lipinski definition) is 0. The van der Waals surface area contributed by atoms with Crippen LogP contribution in [0.2, 0.25) is 0 Å². The zero-order valence-corrected chi connectivity index (χ0v) is 24.0. The van der Waals surface area contributed by atoms with Gasteiger partial charge in [0.1, 0.15) is 31.7 Å². The summed E-state index contributed by atoms with van der Waals surface area (Å²) in [6.07, 6.45) is 0. The third-order valence-electron chi connectivity index (χ3n) is 4.79. The summed E-state index contributed by atoms with van der Waals surface area (Å²) in [5, 5.41) is 0.278. The van der Waals surface area contributed by atoms with E-state index in [1.165, 1.54) is 30.3 Å². The van der Waals surface area contributed by atoms with Crippen LogP contribution in [0.15, 0.2) is 46.2 Å². The number of ether oxygens (including phenoxy) is 2. The minimum Gasteiger partial charge on any atom is -0.744 e. The maximum atomic E-state index is 11.9. The molecule has 0 aliphatic rings. The summed E-state index contributed by atoms with van der Waals surface area (Å²) in [6, 6.07) is 7.05. The zero-order chi connectivity index (χ0) is 23.6. The molecule has 0 aliphatic carbocycles. The van der Waals surface area contributed by atoms with Crippen molar-refractivity contribution in [1.29, 1.82) is 0 Å². The first-order valence-electron chi connectivity index (χ1n) is 8.86. The van der Waals surface area contributed by atoms with Gasteiger partial charge in [0.15, 0.2) is 0 Å². The Labute approximate surface area is 238 Å². The van der Waals surface area contributed by atoms with E-state index >= 15 is 0 Å². The Morgan fingerprint density at radius 1 is 0.647 bits per heavy atom. The topological polar surface area (TPSA) is 167 Å². The van der Waals surface area contributed by atoms with E-state index in [-0.39, 0.29) is 103 Å². The van der Waals surface area contributed by atoms with Crippen molar-refractivity contribution in [1.82, 2.24) is 0 Å². The molecule has 0 aromatic heterocycles. The SMILES string of the molecule is CC(=O)Oc1cc(OC(C)=O)c2ccc3c(S(=O)(=O)[O-])cc(S(=O)(=O)[O-])c4ccc1c2c43.[Na+].[Na+]. The van der Waals surface area contributed by atoms with Crippen molar-refractivity contribution in [3.05, 3.63) is 36.4 Å². The number of carbonyl (C=O) groups excluding carboxylic acids is 2. The molecule has 0 saturated carbocycles. The fourth-order valence-electron chi connectivity index (χ4n) is 3.76. The first-order valence-corrected chi connectivity index (χ1v) is 11.7. The Hall–Kier alpha value is -1.32. The van der Waals surface area contributed by atoms with Crippen molar-refractivity contribution in [2.75, 3.05) is 0 Å². The molecule has 0 atom stereocenters. The Bertz CT molecular complexity index is 1560. The van der Waals surface area contributed by atoms with Crippen LogP contribution in [0.25, 0.3) is 32.3 Å². The number of rotatable bonds is 4. The van der Waals surface area contributed by atoms with Crippen molar-refractivity contribution in [2.45, 2.75) is 23.6 Å². The Balaban J connectivity index is 0.00000204. The van der Waals surface area contributed by atoms with Crippen molar-refractivity contribution in [2.24, 2.45) is 0 Å². The van der Waals surface area contributed by atoms with Gasteiger partial charge in [-0.3, -0.25) is 9.59 Å². The van der Waals surface area contributed by atoms with Crippen LogP contribution in [0.5, 0.6) is 11.5 Å². The molecule has 0 saturated heterocycles. The summed E-state index contributed by atoms with van der Waals surface area (Å²) < 4.78 is 81.7. The van der Waals surface area contributed by atoms with E-state index in [0.717, 1.165) is 13.8 Å². The van der Waals surface area contributed by atoms with E-state index in [2.05, 4.69) is 0 Å². The number of benzene rings is 4. The van der Waals surface area contributed by atoms with Gasteiger partial charge in [0.2, 0.25) is 0 Å². The summed E-state index contributed by atoms with van der Waals surface area (Å²) in [5.41, 5.74) is 0. The molecule has 0 heterocycles. The van der Waals surface area contributed by atoms with Crippen molar-refractivity contribution < 1.29 is 104 Å². The van der Waals surface area contributed by atoms with Gasteiger partial charge in [0.05, 0.1) is 9.79 Å². The van der Waals surface area contributed by atoms with Gasteiger partial charge in [0, 0.05) is 52.2 Å². The van der Waals surface area contributed by atoms with E-state index in [4.69, 9.17) is 9.47 Å². The average Bonchev–Trinajstić information content (AvgIpc) is 2.64. The molecule has 0 radical (unpaired) electrons. The molecule has 0 bridgehead atoms. The Kier molecular flexibility index (Phi) is 8.48. The van der Waals surface area contributed by atoms with Crippen LogP contribution < -0.4 is 68.6 Å². The van der Waals surface area contributed by atoms with Gasteiger partial charge >= 0.3 is 71.1 Å². The van der Waals surface area contributed by atoms with Crippen LogP contribution in [-0.2, 0) is 29.8 Å². The summed E-state index contributed by atoms with van der Waals surface area (Å²) in [5.74, 6) is -1.53. The normalized spacial score (nSPS) is 11.8. The molecule has 34 heavy (non-hydrogen) atoms. The van der Waals surface area contributed by atoms with Crippen molar-refractivity contribution >= 4 is 64.5 Å². The third kappa shape index (κ3) is 5.12. The molecule has 0 spiro atoms. The van der Waals surface area contributed by atoms with Crippen LogP contribution in [0.3, 0.4) is 0 Å². The predicted molar refractivity (Wildman–Crippen MR) is 109 cm³/mol. The second-order valence-electron chi connectivity index (χ2n) is 6.91. The van der Waals surface area contributed by atoms with Gasteiger partial charge in [-0.2, -0.15) is 0 Å². The molecule has 0 unspecified atom stereocenters. The summed E-state index contributed by atoms with van der Waals surface area (Å²) in [7, 11) is -10.4. The minimum absolute atomic E-state index is 0. The van der Waals surface area contributed by atoms with Gasteiger partial charge in [-0.25, -0.2) is 16.8 Å². The molecule has 0 N–H and O–H groups in total. The fourth-order valence-corrected chi connectivity index (χ4v) is 5.24. The van der Waals surface area contributed by atoms with E-state index < -0.39 is 42.0 Å². The van der Waals surface area contributed by atoms with Crippen LogP contribution in [0.4, 0.5) is 0 Å². The van der Waals surface area contributed by atoms with Gasteiger partial charge in [-0.1, -0.05) is 12.1 Å². The maximum Gasteiger partial charge on any atom is 1.00 e. The fraction of sp³-hybridized carbons (Fsp3) is 0.100. The standard InChI is InChI=1S/C20H14O10S2.2Na/c1-9(21)29-15-7-16(30-10(2)22)12-4-6-14-18(32(26,27)28)8-17(31(23,24)25)13-5-3-11(15)19(12)20(13)14;;/h3-8H,1-2H3,(H,23,24,25)(H,26,27,28);;/q;2*+1/p-2. The molecule has 0 aliphatic heterocycles. The minimum atomic E-state index is -5.19. The number of esters is 2. The van der Waals surface area contributed by atoms with Gasteiger partial charge in [0.25, 0.3) is 0 Å². The molecule has 4 aromatic rings. The van der Waals surface area contributed by atoms with Crippen LogP contribution in [0, 0.1) is 0 Å². The third-order valence-corrected chi connectivity index (χ3v) is 6.55. The molecule has 10 nitrogen and oxygen atoms in total. The van der Waals surface area contributed by atoms with E-state index in [9.17, 15) is 35.5 Å². The van der Waals surface area contributed by atoms with Crippen molar-refractivity contribution in [3.63, 3.8) is 0 Å². The van der Waals surface area contributed by atoms with Gasteiger partial charge in [-0.15, -0.1) is 0 Å². The second-order valence-corrected chi connectivity index (χ2v) is 9.61. The molecule has 4 rings (SSSR count). The van der Waals surface area contributed by atoms with Gasteiger partial charge in [-0.05, 0) is 18.2 Å². The van der Waals surface area contributed by atoms with Crippen molar-refractivity contribution in [3.8, 4) is 11.5 Å². The average molecular weight is 522 g/mol. The Morgan fingerprint density at radius 3 is 1.29 bits per heavy atom. The molecule has 166 valence electrons. The predicted octanol–water partition coefficient (Wildman–Crippen LogP) is -3.75. The Morgan fingerprint density at radius 2 is 0.971 bits per heavy atom. The van der Waals surface area contributed by atoms with Crippen LogP contribution in [0.1, 0.15) is 13.8 Å². The number of hydrogen-bond acceptors (Lipinski definition) is 10. The van der Waals surface area contributed by atoms with E-state index in [1.54, 1.807) is 0 Å². The van der Waals surface area contributed by atoms with Gasteiger partial charge < -0.3 is 18.6 Å². The smallest absolute Gasteiger partial charge is 0.744 e. The molecule has 4 aromatic carbocycles. The maximum absolute atomic E-state index is 11.9. The van der Waals surface area contributed by atoms with Crippen LogP contribution in [-0.4, -0.2) is 37.9 Å². The first-order chi connectivity index (χ1) is 14.8. The molecule has 0 fully saturated rings. The summed E-state index contributed by atoms with van der Waals surface area (Å²) in [6.45, 7) is 2.27. The summed E-state index contributed by atoms with van der Waals surface area (Å²) >= 11 is 0. The van der Waals surface area contributed by atoms with E-state index in [1.807, 2.05) is 0 Å². The zero-order valence-electron chi connectivity index (χ0n) is 18.4. The quantitative estimate of drug-likeness (QED) is 0.0854. The monoisotopic (exact) mass is 522 g/mol. The molecule has 14 heteroatoms. The summed E-state index contributed by atoms with van der Waals surface area (Å²) in [4.78, 5) is 21.4. The second kappa shape index (κ2) is 9.97. The molecular weight excluding hydrogens is 510 g/mol. The first kappa shape index (κ1) is 28.9.